The topological polar surface area (TPSA) is 99.2 Å². The number of hydrogen-bond acceptors (Lipinski definition) is 4. The molecule has 33 heavy (non-hydrogen) atoms. The number of ether oxygens (including phenoxy) is 1. The quantitative estimate of drug-likeness (QED) is 0.416. The average Bonchev–Trinajstić information content (AvgIpc) is 3.35. The second kappa shape index (κ2) is 10.3. The van der Waals surface area contributed by atoms with Crippen LogP contribution in [0.1, 0.15) is 37.4 Å². The molecular weight excluding hydrogens is 416 g/mol. The number of hydrogen-bond donors (Lipinski definition) is 2. The zero-order valence-corrected chi connectivity index (χ0v) is 18.0. The Morgan fingerprint density at radius 2 is 1.73 bits per heavy atom. The number of nitrogens with zero attached hydrogens (tertiary/aromatic N) is 2. The lowest BCUT2D eigenvalue weighted by Crippen LogP contribution is -2.23. The highest BCUT2D eigenvalue weighted by Crippen LogP contribution is 2.19. The number of imidazole rings is 1. The van der Waals surface area contributed by atoms with Crippen LogP contribution >= 0.6 is 0 Å². The van der Waals surface area contributed by atoms with Crippen LogP contribution in [-0.4, -0.2) is 21.4 Å². The van der Waals surface area contributed by atoms with E-state index >= 15 is 0 Å². The van der Waals surface area contributed by atoms with E-state index in [1.54, 1.807) is 55.0 Å². The van der Waals surface area contributed by atoms with Crippen LogP contribution in [0.5, 0.6) is 5.75 Å². The third kappa shape index (κ3) is 5.86. The third-order valence-corrected chi connectivity index (χ3v) is 5.10. The highest BCUT2D eigenvalue weighted by Gasteiger charge is 2.10. The maximum Gasteiger partial charge on any atom is 0.252 e. The SMILES string of the molecule is NC(=O)c1ccccc1OCc1cccc(C(=O)NCc2cccc(Cn3ccnc3)c2)c1. The summed E-state index contributed by atoms with van der Waals surface area (Å²) >= 11 is 0. The van der Waals surface area contributed by atoms with Gasteiger partial charge in [0.05, 0.1) is 11.9 Å². The van der Waals surface area contributed by atoms with Gasteiger partial charge in [0.1, 0.15) is 12.4 Å². The minimum absolute atomic E-state index is 0.172. The molecule has 1 heterocycles. The maximum absolute atomic E-state index is 12.7. The van der Waals surface area contributed by atoms with Crippen LogP contribution in [0.2, 0.25) is 0 Å². The minimum atomic E-state index is -0.548. The molecule has 0 saturated heterocycles. The van der Waals surface area contributed by atoms with Gasteiger partial charge in [-0.3, -0.25) is 9.59 Å². The van der Waals surface area contributed by atoms with Crippen LogP contribution in [0.3, 0.4) is 0 Å². The molecule has 0 unspecified atom stereocenters. The van der Waals surface area contributed by atoms with E-state index in [9.17, 15) is 9.59 Å². The number of aromatic nitrogens is 2. The van der Waals surface area contributed by atoms with Crippen molar-refractivity contribution in [1.82, 2.24) is 14.9 Å². The van der Waals surface area contributed by atoms with Crippen LogP contribution < -0.4 is 15.8 Å². The number of rotatable bonds is 9. The Bertz CT molecular complexity index is 1250. The lowest BCUT2D eigenvalue weighted by Gasteiger charge is -2.11. The molecule has 3 aromatic carbocycles. The van der Waals surface area contributed by atoms with Gasteiger partial charge in [-0.2, -0.15) is 0 Å². The predicted molar refractivity (Wildman–Crippen MR) is 125 cm³/mol. The van der Waals surface area contributed by atoms with Gasteiger partial charge in [-0.25, -0.2) is 4.98 Å². The van der Waals surface area contributed by atoms with Crippen LogP contribution in [0.15, 0.2) is 91.5 Å². The molecule has 1 aromatic heterocycles. The van der Waals surface area contributed by atoms with Crippen LogP contribution in [0.25, 0.3) is 0 Å². The zero-order chi connectivity index (χ0) is 23.0. The number of amides is 2. The monoisotopic (exact) mass is 440 g/mol. The maximum atomic E-state index is 12.7. The first kappa shape index (κ1) is 21.8. The van der Waals surface area contributed by atoms with E-state index in [2.05, 4.69) is 16.4 Å². The standard InChI is InChI=1S/C26H24N4O3/c27-25(31)23-9-1-2-10-24(23)33-17-21-7-4-8-22(14-21)26(32)29-15-19-5-3-6-20(13-19)16-30-12-11-28-18-30/h1-14,18H,15-17H2,(H2,27,31)(H,29,32). The van der Waals surface area contributed by atoms with Crippen molar-refractivity contribution >= 4 is 11.8 Å². The van der Waals surface area contributed by atoms with Crippen molar-refractivity contribution in [2.24, 2.45) is 5.73 Å². The molecule has 0 aliphatic heterocycles. The lowest BCUT2D eigenvalue weighted by molar-refractivity contribution is 0.0949. The van der Waals surface area contributed by atoms with E-state index in [1.165, 1.54) is 0 Å². The molecule has 4 aromatic rings. The van der Waals surface area contributed by atoms with Gasteiger partial charge in [0.2, 0.25) is 0 Å². The number of primary amides is 1. The summed E-state index contributed by atoms with van der Waals surface area (Å²) in [5, 5.41) is 2.97. The van der Waals surface area contributed by atoms with Gasteiger partial charge in [-0.15, -0.1) is 0 Å². The Morgan fingerprint density at radius 1 is 0.939 bits per heavy atom. The molecule has 166 valence electrons. The van der Waals surface area contributed by atoms with Gasteiger partial charge in [-0.1, -0.05) is 48.5 Å². The van der Waals surface area contributed by atoms with Crippen molar-refractivity contribution in [3.05, 3.63) is 119 Å². The van der Waals surface area contributed by atoms with E-state index in [1.807, 2.05) is 35.0 Å². The van der Waals surface area contributed by atoms with Gasteiger partial charge >= 0.3 is 0 Å². The molecule has 0 saturated carbocycles. The number of carbonyl (C=O) groups excluding carboxylic acids is 2. The van der Waals surface area contributed by atoms with E-state index in [0.29, 0.717) is 23.4 Å². The van der Waals surface area contributed by atoms with Crippen LogP contribution in [-0.2, 0) is 19.7 Å². The summed E-state index contributed by atoms with van der Waals surface area (Å²) in [6.07, 6.45) is 5.44. The highest BCUT2D eigenvalue weighted by molar-refractivity contribution is 5.95. The smallest absolute Gasteiger partial charge is 0.252 e. The van der Waals surface area contributed by atoms with E-state index in [0.717, 1.165) is 23.2 Å². The van der Waals surface area contributed by atoms with Crippen molar-refractivity contribution in [2.75, 3.05) is 0 Å². The molecular formula is C26H24N4O3. The van der Waals surface area contributed by atoms with Crippen LogP contribution in [0.4, 0.5) is 0 Å². The second-order valence-corrected chi connectivity index (χ2v) is 7.59. The summed E-state index contributed by atoms with van der Waals surface area (Å²) in [7, 11) is 0. The van der Waals surface area contributed by atoms with E-state index in [-0.39, 0.29) is 12.5 Å². The van der Waals surface area contributed by atoms with Gasteiger partial charge in [0.25, 0.3) is 11.8 Å². The van der Waals surface area contributed by atoms with Crippen molar-refractivity contribution < 1.29 is 14.3 Å². The molecule has 3 N–H and O–H groups in total. The molecule has 0 aliphatic rings. The average molecular weight is 441 g/mol. The molecule has 4 rings (SSSR count). The Balaban J connectivity index is 1.36. The lowest BCUT2D eigenvalue weighted by atomic mass is 10.1. The zero-order valence-electron chi connectivity index (χ0n) is 18.0. The Morgan fingerprint density at radius 3 is 2.55 bits per heavy atom. The van der Waals surface area contributed by atoms with Gasteiger partial charge < -0.3 is 20.4 Å². The fourth-order valence-electron chi connectivity index (χ4n) is 3.47. The molecule has 0 radical (unpaired) electrons. The molecule has 0 aliphatic carbocycles. The van der Waals surface area contributed by atoms with Gasteiger partial charge in [0, 0.05) is 31.0 Å². The molecule has 0 bridgehead atoms. The number of nitrogens with one attached hydrogen (secondary N) is 1. The Labute approximate surface area is 191 Å². The summed E-state index contributed by atoms with van der Waals surface area (Å²) in [5.74, 6) is -0.308. The third-order valence-electron chi connectivity index (χ3n) is 5.10. The number of carbonyl (C=O) groups is 2. The van der Waals surface area contributed by atoms with Crippen LogP contribution in [0, 0.1) is 0 Å². The number of nitrogens with two attached hydrogens (primary N) is 1. The fourth-order valence-corrected chi connectivity index (χ4v) is 3.47. The molecule has 7 heteroatoms. The highest BCUT2D eigenvalue weighted by atomic mass is 16.5. The normalized spacial score (nSPS) is 10.5. The Kier molecular flexibility index (Phi) is 6.80. The van der Waals surface area contributed by atoms with E-state index in [4.69, 9.17) is 10.5 Å². The summed E-state index contributed by atoms with van der Waals surface area (Å²) in [5.41, 5.74) is 9.21. The molecule has 7 nitrogen and oxygen atoms in total. The second-order valence-electron chi connectivity index (χ2n) is 7.59. The summed E-state index contributed by atoms with van der Waals surface area (Å²) in [6.45, 7) is 1.35. The van der Waals surface area contributed by atoms with Crippen molar-refractivity contribution in [1.29, 1.82) is 0 Å². The first-order valence-corrected chi connectivity index (χ1v) is 10.5. The predicted octanol–water partition coefficient (Wildman–Crippen LogP) is 3.54. The molecule has 2 amide bonds. The number of para-hydroxylation sites is 1. The molecule has 0 atom stereocenters. The fraction of sp³-hybridized carbons (Fsp3) is 0.115. The first-order valence-electron chi connectivity index (χ1n) is 10.5. The first-order chi connectivity index (χ1) is 16.1. The summed E-state index contributed by atoms with van der Waals surface area (Å²) in [6, 6.07) is 22.1. The van der Waals surface area contributed by atoms with E-state index < -0.39 is 5.91 Å². The van der Waals surface area contributed by atoms with Crippen molar-refractivity contribution in [2.45, 2.75) is 19.7 Å². The van der Waals surface area contributed by atoms with Gasteiger partial charge in [-0.05, 0) is 41.0 Å². The summed E-state index contributed by atoms with van der Waals surface area (Å²) < 4.78 is 7.76. The summed E-state index contributed by atoms with van der Waals surface area (Å²) in [4.78, 5) is 28.3. The molecule has 0 spiro atoms. The molecule has 0 fully saturated rings. The van der Waals surface area contributed by atoms with Gasteiger partial charge in [0.15, 0.2) is 0 Å². The Hall–Kier alpha value is -4.39. The van der Waals surface area contributed by atoms with Crippen molar-refractivity contribution in [3.63, 3.8) is 0 Å². The largest absolute Gasteiger partial charge is 0.488 e. The minimum Gasteiger partial charge on any atom is -0.488 e. The van der Waals surface area contributed by atoms with Crippen molar-refractivity contribution in [3.8, 4) is 5.75 Å². The number of benzene rings is 3.